The number of carboxylic acids is 1. The molecular formula is C14H26N4O3. The number of piperidine rings is 1. The van der Waals surface area contributed by atoms with Gasteiger partial charge in [-0.1, -0.05) is 0 Å². The van der Waals surface area contributed by atoms with Gasteiger partial charge in [-0.15, -0.1) is 0 Å². The van der Waals surface area contributed by atoms with Gasteiger partial charge in [0.2, 0.25) is 0 Å². The fourth-order valence-electron chi connectivity index (χ4n) is 3.18. The van der Waals surface area contributed by atoms with Crippen LogP contribution in [0.25, 0.3) is 0 Å². The molecule has 0 aromatic rings. The van der Waals surface area contributed by atoms with Gasteiger partial charge in [0, 0.05) is 59.4 Å². The Hall–Kier alpha value is -1.34. The van der Waals surface area contributed by atoms with E-state index >= 15 is 0 Å². The number of nitrogens with zero attached hydrogens (tertiary/aromatic N) is 4. The average Bonchev–Trinajstić information content (AvgIpc) is 2.47. The number of hydrogen-bond donors (Lipinski definition) is 1. The Bertz CT molecular complexity index is 372. The number of hydrogen-bond acceptors (Lipinski definition) is 4. The van der Waals surface area contributed by atoms with E-state index < -0.39 is 5.97 Å². The van der Waals surface area contributed by atoms with Crippen LogP contribution >= 0.6 is 0 Å². The standard InChI is InChI=1S/C14H26N4O3/c1-15(2)14(21)18-5-3-12(4-6-18)17-9-7-16(8-10-17)11-13(19)20/h12H,3-11H2,1-2H3,(H,19,20). The maximum Gasteiger partial charge on any atom is 0.319 e. The fourth-order valence-corrected chi connectivity index (χ4v) is 3.18. The summed E-state index contributed by atoms with van der Waals surface area (Å²) in [5.41, 5.74) is 0. The van der Waals surface area contributed by atoms with Gasteiger partial charge in [-0.3, -0.25) is 14.6 Å². The highest BCUT2D eigenvalue weighted by Gasteiger charge is 2.29. The number of carbonyl (C=O) groups excluding carboxylic acids is 1. The molecule has 7 heteroatoms. The molecule has 7 nitrogen and oxygen atoms in total. The summed E-state index contributed by atoms with van der Waals surface area (Å²) < 4.78 is 0. The lowest BCUT2D eigenvalue weighted by Crippen LogP contribution is -2.55. The summed E-state index contributed by atoms with van der Waals surface area (Å²) in [6.07, 6.45) is 2.02. The number of piperazine rings is 1. The third-order valence-corrected chi connectivity index (χ3v) is 4.40. The lowest BCUT2D eigenvalue weighted by atomic mass is 10.0. The first kappa shape index (κ1) is 16.0. The maximum atomic E-state index is 11.9. The van der Waals surface area contributed by atoms with Crippen LogP contribution in [0.1, 0.15) is 12.8 Å². The van der Waals surface area contributed by atoms with Gasteiger partial charge in [0.05, 0.1) is 6.54 Å². The molecule has 0 aromatic carbocycles. The molecule has 1 N–H and O–H groups in total. The SMILES string of the molecule is CN(C)C(=O)N1CCC(N2CCN(CC(=O)O)CC2)CC1. The quantitative estimate of drug-likeness (QED) is 0.784. The summed E-state index contributed by atoms with van der Waals surface area (Å²) in [7, 11) is 3.58. The van der Waals surface area contributed by atoms with E-state index in [2.05, 4.69) is 4.90 Å². The normalized spacial score (nSPS) is 22.3. The second-order valence-corrected chi connectivity index (χ2v) is 6.10. The molecule has 21 heavy (non-hydrogen) atoms. The van der Waals surface area contributed by atoms with E-state index in [1.807, 2.05) is 9.80 Å². The molecule has 0 unspecified atom stereocenters. The predicted octanol–water partition coefficient (Wildman–Crippen LogP) is -0.165. The molecule has 0 spiro atoms. The second-order valence-electron chi connectivity index (χ2n) is 6.10. The van der Waals surface area contributed by atoms with Crippen LogP contribution in [0.5, 0.6) is 0 Å². The van der Waals surface area contributed by atoms with Gasteiger partial charge in [-0.25, -0.2) is 4.79 Å². The largest absolute Gasteiger partial charge is 0.480 e. The molecule has 2 amide bonds. The molecule has 2 fully saturated rings. The van der Waals surface area contributed by atoms with E-state index in [4.69, 9.17) is 5.11 Å². The van der Waals surface area contributed by atoms with E-state index in [1.165, 1.54) is 0 Å². The van der Waals surface area contributed by atoms with Gasteiger partial charge >= 0.3 is 12.0 Å². The van der Waals surface area contributed by atoms with Crippen LogP contribution in [0.15, 0.2) is 0 Å². The highest BCUT2D eigenvalue weighted by atomic mass is 16.4. The minimum Gasteiger partial charge on any atom is -0.480 e. The number of aliphatic carboxylic acids is 1. The lowest BCUT2D eigenvalue weighted by Gasteiger charge is -2.42. The van der Waals surface area contributed by atoms with Crippen LogP contribution in [0, 0.1) is 0 Å². The third kappa shape index (κ3) is 4.31. The molecule has 2 aliphatic heterocycles. The molecular weight excluding hydrogens is 272 g/mol. The van der Waals surface area contributed by atoms with Crippen molar-refractivity contribution in [2.45, 2.75) is 18.9 Å². The zero-order chi connectivity index (χ0) is 15.4. The summed E-state index contributed by atoms with van der Waals surface area (Å²) in [4.78, 5) is 30.6. The Morgan fingerprint density at radius 3 is 2.10 bits per heavy atom. The van der Waals surface area contributed by atoms with Crippen LogP contribution in [-0.2, 0) is 4.79 Å². The Morgan fingerprint density at radius 1 is 1.05 bits per heavy atom. The van der Waals surface area contributed by atoms with Crippen molar-refractivity contribution in [2.24, 2.45) is 0 Å². The average molecular weight is 298 g/mol. The predicted molar refractivity (Wildman–Crippen MR) is 79.3 cm³/mol. The molecule has 2 saturated heterocycles. The molecule has 0 saturated carbocycles. The van der Waals surface area contributed by atoms with E-state index in [9.17, 15) is 9.59 Å². The molecule has 2 aliphatic rings. The van der Waals surface area contributed by atoms with Crippen LogP contribution in [0.4, 0.5) is 4.79 Å². The monoisotopic (exact) mass is 298 g/mol. The van der Waals surface area contributed by atoms with Gasteiger partial charge in [-0.05, 0) is 12.8 Å². The molecule has 2 heterocycles. The van der Waals surface area contributed by atoms with E-state index in [-0.39, 0.29) is 12.6 Å². The van der Waals surface area contributed by atoms with Crippen molar-refractivity contribution < 1.29 is 14.7 Å². The van der Waals surface area contributed by atoms with Crippen LogP contribution in [-0.4, -0.2) is 103 Å². The molecule has 120 valence electrons. The number of urea groups is 1. The van der Waals surface area contributed by atoms with E-state index in [0.717, 1.165) is 52.1 Å². The highest BCUT2D eigenvalue weighted by Crippen LogP contribution is 2.18. The molecule has 2 rings (SSSR count). The van der Waals surface area contributed by atoms with Crippen molar-refractivity contribution in [3.8, 4) is 0 Å². The Morgan fingerprint density at radius 2 is 1.62 bits per heavy atom. The van der Waals surface area contributed by atoms with Crippen molar-refractivity contribution in [3.63, 3.8) is 0 Å². The van der Waals surface area contributed by atoms with Crippen molar-refractivity contribution in [3.05, 3.63) is 0 Å². The summed E-state index contributed by atoms with van der Waals surface area (Å²) in [5, 5.41) is 8.81. The lowest BCUT2D eigenvalue weighted by molar-refractivity contribution is -0.138. The zero-order valence-corrected chi connectivity index (χ0v) is 13.0. The van der Waals surface area contributed by atoms with Crippen molar-refractivity contribution >= 4 is 12.0 Å². The van der Waals surface area contributed by atoms with Crippen molar-refractivity contribution in [2.75, 3.05) is 59.9 Å². The van der Waals surface area contributed by atoms with Crippen LogP contribution < -0.4 is 0 Å². The third-order valence-electron chi connectivity index (χ3n) is 4.40. The van der Waals surface area contributed by atoms with E-state index in [0.29, 0.717) is 6.04 Å². The number of carbonyl (C=O) groups is 2. The minimum atomic E-state index is -0.751. The Kier molecular flexibility index (Phi) is 5.41. The summed E-state index contributed by atoms with van der Waals surface area (Å²) >= 11 is 0. The zero-order valence-electron chi connectivity index (χ0n) is 13.0. The van der Waals surface area contributed by atoms with Gasteiger partial charge in [0.1, 0.15) is 0 Å². The molecule has 0 aromatic heterocycles. The molecule has 0 bridgehead atoms. The highest BCUT2D eigenvalue weighted by molar-refractivity contribution is 5.73. The number of carboxylic acid groups (broad SMARTS) is 1. The molecule has 0 aliphatic carbocycles. The van der Waals surface area contributed by atoms with Gasteiger partial charge < -0.3 is 14.9 Å². The van der Waals surface area contributed by atoms with Gasteiger partial charge in [0.25, 0.3) is 0 Å². The van der Waals surface area contributed by atoms with E-state index in [1.54, 1.807) is 19.0 Å². The summed E-state index contributed by atoms with van der Waals surface area (Å²) in [6, 6.07) is 0.628. The Balaban J connectivity index is 1.74. The van der Waals surface area contributed by atoms with Crippen molar-refractivity contribution in [1.82, 2.24) is 19.6 Å². The maximum absolute atomic E-state index is 11.9. The number of rotatable bonds is 3. The first-order chi connectivity index (χ1) is 9.97. The first-order valence-electron chi connectivity index (χ1n) is 7.62. The van der Waals surface area contributed by atoms with Gasteiger partial charge in [0.15, 0.2) is 0 Å². The smallest absolute Gasteiger partial charge is 0.319 e. The minimum absolute atomic E-state index is 0.0970. The van der Waals surface area contributed by atoms with Crippen LogP contribution in [0.3, 0.4) is 0 Å². The van der Waals surface area contributed by atoms with Gasteiger partial charge in [-0.2, -0.15) is 0 Å². The summed E-state index contributed by atoms with van der Waals surface area (Å²) in [6.45, 7) is 5.28. The number of amides is 2. The topological polar surface area (TPSA) is 67.3 Å². The Labute approximate surface area is 126 Å². The van der Waals surface area contributed by atoms with Crippen LogP contribution in [0.2, 0.25) is 0 Å². The number of likely N-dealkylation sites (tertiary alicyclic amines) is 1. The van der Waals surface area contributed by atoms with Crippen molar-refractivity contribution in [1.29, 1.82) is 0 Å². The fraction of sp³-hybridized carbons (Fsp3) is 0.857. The molecule has 0 radical (unpaired) electrons. The second kappa shape index (κ2) is 7.09. The first-order valence-corrected chi connectivity index (χ1v) is 7.62. The molecule has 0 atom stereocenters. The summed E-state index contributed by atoms with van der Waals surface area (Å²) in [5.74, 6) is -0.751.